The van der Waals surface area contributed by atoms with Crippen LogP contribution in [0.15, 0.2) is 39.2 Å². The summed E-state index contributed by atoms with van der Waals surface area (Å²) >= 11 is 1.23. The summed E-state index contributed by atoms with van der Waals surface area (Å²) in [7, 11) is 1.25. The van der Waals surface area contributed by atoms with Gasteiger partial charge in [-0.3, -0.25) is 19.3 Å². The molecule has 2 aliphatic heterocycles. The summed E-state index contributed by atoms with van der Waals surface area (Å²) < 4.78 is 19.8. The molecule has 0 aromatic carbocycles. The van der Waals surface area contributed by atoms with E-state index in [0.29, 0.717) is 0 Å². The topological polar surface area (TPSA) is 189 Å². The van der Waals surface area contributed by atoms with E-state index in [1.165, 1.54) is 38.1 Å². The second-order valence-electron chi connectivity index (χ2n) is 7.00. The normalized spacial score (nSPS) is 19.3. The van der Waals surface area contributed by atoms with E-state index >= 15 is 0 Å². The summed E-state index contributed by atoms with van der Waals surface area (Å²) in [4.78, 5) is 66.3. The highest BCUT2D eigenvalue weighted by Gasteiger charge is 2.54. The van der Waals surface area contributed by atoms with E-state index < -0.39 is 41.3 Å². The zero-order valence-electron chi connectivity index (χ0n) is 18.7. The largest absolute Gasteiger partial charge is 0.462 e. The highest BCUT2D eigenvalue weighted by molar-refractivity contribution is 8.00. The van der Waals surface area contributed by atoms with Crippen LogP contribution in [-0.2, 0) is 38.2 Å². The highest BCUT2D eigenvalue weighted by atomic mass is 32.2. The molecule has 0 saturated carbocycles. The predicted molar refractivity (Wildman–Crippen MR) is 117 cm³/mol. The van der Waals surface area contributed by atoms with Gasteiger partial charge in [0.25, 0.3) is 11.8 Å². The molecule has 0 spiro atoms. The van der Waals surface area contributed by atoms with Gasteiger partial charge in [-0.1, -0.05) is 5.16 Å². The molecule has 2 atom stereocenters. The minimum absolute atomic E-state index is 0.132. The SMILES string of the molecule is CO/N=C(\C(=O)N[C@@H]1C(=O)N2C(C(=O)OCCOC(C)=O)=C(COC(N)=O)CS[C@@H]12)c1ccco1. The summed E-state index contributed by atoms with van der Waals surface area (Å²) in [5.74, 6) is -2.45. The number of carbonyl (C=O) groups excluding carboxylic acids is 5. The Morgan fingerprint density at radius 3 is 2.63 bits per heavy atom. The lowest BCUT2D eigenvalue weighted by Crippen LogP contribution is -2.71. The maximum absolute atomic E-state index is 13.0. The molecule has 0 unspecified atom stereocenters. The molecule has 0 bridgehead atoms. The molecule has 15 heteroatoms. The maximum atomic E-state index is 13.0. The average molecular weight is 510 g/mol. The van der Waals surface area contributed by atoms with Gasteiger partial charge in [-0.2, -0.15) is 0 Å². The van der Waals surface area contributed by atoms with Crippen molar-refractivity contribution in [2.24, 2.45) is 10.9 Å². The van der Waals surface area contributed by atoms with Crippen molar-refractivity contribution in [3.05, 3.63) is 35.4 Å². The first kappa shape index (κ1) is 25.6. The molecule has 3 amide bonds. The van der Waals surface area contributed by atoms with Gasteiger partial charge in [-0.05, 0) is 12.1 Å². The summed E-state index contributed by atoms with van der Waals surface area (Å²) in [6.45, 7) is 0.425. The Bertz CT molecular complexity index is 1070. The van der Waals surface area contributed by atoms with E-state index in [0.717, 1.165) is 4.90 Å². The molecule has 35 heavy (non-hydrogen) atoms. The Morgan fingerprint density at radius 2 is 2.00 bits per heavy atom. The van der Waals surface area contributed by atoms with Crippen molar-refractivity contribution in [1.29, 1.82) is 0 Å². The molecular weight excluding hydrogens is 488 g/mol. The Kier molecular flexibility index (Phi) is 8.35. The van der Waals surface area contributed by atoms with Crippen LogP contribution >= 0.6 is 11.8 Å². The van der Waals surface area contributed by atoms with Gasteiger partial charge in [0.15, 0.2) is 5.76 Å². The number of fused-ring (bicyclic) bond motifs is 1. The number of thioether (sulfide) groups is 1. The van der Waals surface area contributed by atoms with E-state index in [4.69, 9.17) is 29.2 Å². The van der Waals surface area contributed by atoms with Crippen LogP contribution in [0, 0.1) is 0 Å². The predicted octanol–water partition coefficient (Wildman–Crippen LogP) is -0.514. The highest BCUT2D eigenvalue weighted by Crippen LogP contribution is 2.40. The zero-order valence-corrected chi connectivity index (χ0v) is 19.5. The number of nitrogens with zero attached hydrogens (tertiary/aromatic N) is 2. The first-order chi connectivity index (χ1) is 16.7. The van der Waals surface area contributed by atoms with Crippen LogP contribution in [0.5, 0.6) is 0 Å². The molecule has 3 rings (SSSR count). The molecule has 1 saturated heterocycles. The van der Waals surface area contributed by atoms with Gasteiger partial charge in [0.05, 0.1) is 6.26 Å². The fraction of sp³-hybridized carbons (Fsp3) is 0.400. The molecule has 3 heterocycles. The molecular formula is C20H22N4O10S. The van der Waals surface area contributed by atoms with Crippen molar-refractivity contribution >= 4 is 47.3 Å². The third-order valence-corrected chi connectivity index (χ3v) is 6.03. The van der Waals surface area contributed by atoms with Gasteiger partial charge in [-0.25, -0.2) is 9.59 Å². The van der Waals surface area contributed by atoms with Gasteiger partial charge < -0.3 is 34.5 Å². The lowest BCUT2D eigenvalue weighted by molar-refractivity contribution is -0.154. The number of ether oxygens (including phenoxy) is 3. The summed E-state index contributed by atoms with van der Waals surface area (Å²) in [5.41, 5.74) is 4.99. The van der Waals surface area contributed by atoms with Crippen LogP contribution in [0.1, 0.15) is 12.7 Å². The number of primary amides is 1. The van der Waals surface area contributed by atoms with Crippen molar-refractivity contribution in [1.82, 2.24) is 10.2 Å². The number of nitrogens with one attached hydrogen (secondary N) is 1. The Hall–Kier alpha value is -4.01. The summed E-state index contributed by atoms with van der Waals surface area (Å²) in [5, 5.41) is 5.57. The number of nitrogens with two attached hydrogens (primary N) is 1. The number of furan rings is 1. The molecule has 3 N–H and O–H groups in total. The Balaban J connectivity index is 1.75. The molecule has 0 radical (unpaired) electrons. The minimum atomic E-state index is -1.06. The summed E-state index contributed by atoms with van der Waals surface area (Å²) in [6, 6.07) is 2.06. The van der Waals surface area contributed by atoms with E-state index in [-0.39, 0.29) is 48.3 Å². The molecule has 1 aromatic rings. The van der Waals surface area contributed by atoms with Gasteiger partial charge in [0, 0.05) is 18.2 Å². The minimum Gasteiger partial charge on any atom is -0.462 e. The van der Waals surface area contributed by atoms with Gasteiger partial charge in [-0.15, -0.1) is 11.8 Å². The van der Waals surface area contributed by atoms with E-state index in [9.17, 15) is 24.0 Å². The zero-order chi connectivity index (χ0) is 25.5. The first-order valence-corrected chi connectivity index (χ1v) is 11.1. The number of hydrogen-bond acceptors (Lipinski definition) is 12. The fourth-order valence-corrected chi connectivity index (χ4v) is 4.57. The third-order valence-electron chi connectivity index (χ3n) is 4.69. The van der Waals surface area contributed by atoms with Crippen molar-refractivity contribution in [2.45, 2.75) is 18.3 Å². The van der Waals surface area contributed by atoms with Crippen LogP contribution in [-0.4, -0.2) is 84.6 Å². The van der Waals surface area contributed by atoms with Crippen LogP contribution in [0.2, 0.25) is 0 Å². The molecule has 1 fully saturated rings. The number of β-lactam (4-membered cyclic amide) rings is 1. The van der Waals surface area contributed by atoms with Crippen LogP contribution in [0.25, 0.3) is 0 Å². The average Bonchev–Trinajstić information content (AvgIpc) is 3.35. The van der Waals surface area contributed by atoms with Crippen molar-refractivity contribution in [3.63, 3.8) is 0 Å². The van der Waals surface area contributed by atoms with Crippen LogP contribution in [0.4, 0.5) is 4.79 Å². The van der Waals surface area contributed by atoms with Gasteiger partial charge in [0.1, 0.15) is 44.0 Å². The Morgan fingerprint density at radius 1 is 1.26 bits per heavy atom. The lowest BCUT2D eigenvalue weighted by atomic mass is 10.0. The number of oxime groups is 1. The van der Waals surface area contributed by atoms with Crippen LogP contribution < -0.4 is 11.1 Å². The molecule has 1 aromatic heterocycles. The maximum Gasteiger partial charge on any atom is 0.404 e. The second-order valence-corrected chi connectivity index (χ2v) is 8.10. The quantitative estimate of drug-likeness (QED) is 0.103. The molecule has 188 valence electrons. The molecule has 0 aliphatic carbocycles. The van der Waals surface area contributed by atoms with Gasteiger partial charge in [0.2, 0.25) is 5.71 Å². The second kappa shape index (κ2) is 11.4. The van der Waals surface area contributed by atoms with Gasteiger partial charge >= 0.3 is 18.0 Å². The molecule has 2 aliphatic rings. The van der Waals surface area contributed by atoms with Crippen molar-refractivity contribution < 1.29 is 47.4 Å². The fourth-order valence-electron chi connectivity index (χ4n) is 3.24. The Labute approximate surface area is 202 Å². The lowest BCUT2D eigenvalue weighted by Gasteiger charge is -2.49. The number of amides is 3. The number of carbonyl (C=O) groups is 5. The number of rotatable bonds is 10. The smallest absolute Gasteiger partial charge is 0.404 e. The van der Waals surface area contributed by atoms with Crippen LogP contribution in [0.3, 0.4) is 0 Å². The number of hydrogen-bond donors (Lipinski definition) is 2. The van der Waals surface area contributed by atoms with E-state index in [2.05, 4.69) is 10.5 Å². The monoisotopic (exact) mass is 510 g/mol. The van der Waals surface area contributed by atoms with Crippen molar-refractivity contribution in [2.75, 3.05) is 32.7 Å². The summed E-state index contributed by atoms with van der Waals surface area (Å²) in [6.07, 6.45) is 0.288. The van der Waals surface area contributed by atoms with Crippen molar-refractivity contribution in [3.8, 4) is 0 Å². The standard InChI is InChI=1S/C20H22N4O10S/c1-10(25)31-6-7-33-19(28)15-11(8-34-20(21)29)9-35-18-14(17(27)24(15)18)22-16(26)13(23-30-2)12-4-3-5-32-12/h3-5,14,18H,6-9H2,1-2H3,(H2,21,29)(H,22,26)/b23-13-/t14-,18+/m1/s1. The first-order valence-electron chi connectivity index (χ1n) is 10.1. The molecule has 14 nitrogen and oxygen atoms in total. The van der Waals surface area contributed by atoms with E-state index in [1.807, 2.05) is 0 Å². The van der Waals surface area contributed by atoms with E-state index in [1.54, 1.807) is 6.07 Å². The number of esters is 2. The third kappa shape index (κ3) is 5.92.